The van der Waals surface area contributed by atoms with E-state index in [-0.39, 0.29) is 0 Å². The minimum atomic E-state index is 0.476. The van der Waals surface area contributed by atoms with Crippen LogP contribution in [0.15, 0.2) is 53.3 Å². The zero-order valence-corrected chi connectivity index (χ0v) is 12.4. The first-order valence-electron chi connectivity index (χ1n) is 6.95. The molecule has 0 fully saturated rings. The molecule has 0 N–H and O–H groups in total. The number of aromatic nitrogens is 1. The van der Waals surface area contributed by atoms with Crippen molar-refractivity contribution in [3.8, 4) is 0 Å². The summed E-state index contributed by atoms with van der Waals surface area (Å²) in [6, 6.07) is 4.03. The van der Waals surface area contributed by atoms with Crippen LogP contribution in [0.25, 0.3) is 0 Å². The Morgan fingerprint density at radius 1 is 1.32 bits per heavy atom. The Labute approximate surface area is 117 Å². The third-order valence-electron chi connectivity index (χ3n) is 3.21. The van der Waals surface area contributed by atoms with Crippen LogP contribution in [0.3, 0.4) is 0 Å². The second kappa shape index (κ2) is 8.41. The second-order valence-electron chi connectivity index (χ2n) is 4.61. The van der Waals surface area contributed by atoms with Crippen molar-refractivity contribution in [1.29, 1.82) is 0 Å². The molecule has 1 heterocycles. The van der Waals surface area contributed by atoms with Crippen molar-refractivity contribution in [2.45, 2.75) is 40.7 Å². The maximum absolute atomic E-state index is 4.82. The molecule has 1 unspecified atom stereocenters. The van der Waals surface area contributed by atoms with E-state index in [2.05, 4.69) is 44.0 Å². The highest BCUT2D eigenvalue weighted by Crippen LogP contribution is 2.15. The SMILES string of the molecule is C/C=C\C(=C/C)C(=NCc1ccncc1)C(C)CC. The molecule has 0 aliphatic heterocycles. The molecule has 1 atom stereocenters. The van der Waals surface area contributed by atoms with E-state index in [1.165, 1.54) is 16.8 Å². The zero-order chi connectivity index (χ0) is 14.1. The maximum Gasteiger partial charge on any atom is 0.0644 e. The summed E-state index contributed by atoms with van der Waals surface area (Å²) in [7, 11) is 0. The van der Waals surface area contributed by atoms with Gasteiger partial charge < -0.3 is 0 Å². The number of rotatable bonds is 6. The number of nitrogens with zero attached hydrogens (tertiary/aromatic N) is 2. The first-order chi connectivity index (χ1) is 9.22. The monoisotopic (exact) mass is 256 g/mol. The fourth-order valence-corrected chi connectivity index (χ4v) is 1.90. The molecule has 0 spiro atoms. The predicted octanol–water partition coefficient (Wildman–Crippen LogP) is 4.59. The molecule has 0 radical (unpaired) electrons. The van der Waals surface area contributed by atoms with Gasteiger partial charge in [0.15, 0.2) is 0 Å². The van der Waals surface area contributed by atoms with Crippen molar-refractivity contribution in [3.05, 3.63) is 53.9 Å². The first kappa shape index (κ1) is 15.4. The molecule has 0 saturated heterocycles. The summed E-state index contributed by atoms with van der Waals surface area (Å²) in [5, 5.41) is 0. The third-order valence-corrected chi connectivity index (χ3v) is 3.21. The Bertz CT molecular complexity index is 455. The van der Waals surface area contributed by atoms with Gasteiger partial charge in [-0.2, -0.15) is 0 Å². The lowest BCUT2D eigenvalue weighted by molar-refractivity contribution is 0.734. The molecule has 0 bridgehead atoms. The van der Waals surface area contributed by atoms with Crippen LogP contribution in [-0.4, -0.2) is 10.7 Å². The van der Waals surface area contributed by atoms with Gasteiger partial charge in [0.25, 0.3) is 0 Å². The van der Waals surface area contributed by atoms with E-state index >= 15 is 0 Å². The van der Waals surface area contributed by atoms with Gasteiger partial charge in [-0.1, -0.05) is 32.1 Å². The average molecular weight is 256 g/mol. The van der Waals surface area contributed by atoms with Gasteiger partial charge in [-0.3, -0.25) is 9.98 Å². The highest BCUT2D eigenvalue weighted by atomic mass is 14.7. The van der Waals surface area contributed by atoms with Gasteiger partial charge in [0.05, 0.1) is 6.54 Å². The molecule has 19 heavy (non-hydrogen) atoms. The maximum atomic E-state index is 4.82. The van der Waals surface area contributed by atoms with Gasteiger partial charge in [-0.15, -0.1) is 0 Å². The smallest absolute Gasteiger partial charge is 0.0644 e. The summed E-state index contributed by atoms with van der Waals surface area (Å²) in [6.07, 6.45) is 11.1. The molecule has 0 amide bonds. The summed E-state index contributed by atoms with van der Waals surface area (Å²) in [5.41, 5.74) is 3.62. The Morgan fingerprint density at radius 2 is 2.00 bits per heavy atom. The van der Waals surface area contributed by atoms with E-state index in [9.17, 15) is 0 Å². The van der Waals surface area contributed by atoms with E-state index in [1.54, 1.807) is 0 Å². The molecule has 1 rings (SSSR count). The molecular weight excluding hydrogens is 232 g/mol. The van der Waals surface area contributed by atoms with E-state index in [4.69, 9.17) is 4.99 Å². The van der Waals surface area contributed by atoms with Gasteiger partial charge in [0, 0.05) is 18.1 Å². The average Bonchev–Trinajstić information content (AvgIpc) is 2.46. The third kappa shape index (κ3) is 4.82. The standard InChI is InChI=1S/C17H24N2/c1-5-8-16(7-3)17(14(4)6-2)19-13-15-9-11-18-12-10-15/h5,7-12,14H,6,13H2,1-4H3/b8-5-,16-7+,19-17?. The molecule has 0 aliphatic rings. The lowest BCUT2D eigenvalue weighted by atomic mass is 9.95. The number of aliphatic imine (C=N–C) groups is 1. The van der Waals surface area contributed by atoms with Crippen molar-refractivity contribution in [2.75, 3.05) is 0 Å². The summed E-state index contributed by atoms with van der Waals surface area (Å²) in [6.45, 7) is 9.27. The Hall–Kier alpha value is -1.70. The van der Waals surface area contributed by atoms with Gasteiger partial charge in [0.1, 0.15) is 0 Å². The molecular formula is C17H24N2. The molecule has 0 saturated carbocycles. The summed E-state index contributed by atoms with van der Waals surface area (Å²) in [5.74, 6) is 0.476. The molecule has 0 aliphatic carbocycles. The van der Waals surface area contributed by atoms with Crippen LogP contribution in [0.4, 0.5) is 0 Å². The molecule has 2 heteroatoms. The van der Waals surface area contributed by atoms with Gasteiger partial charge in [-0.25, -0.2) is 0 Å². The summed E-state index contributed by atoms with van der Waals surface area (Å²) < 4.78 is 0. The molecule has 102 valence electrons. The first-order valence-corrected chi connectivity index (χ1v) is 6.95. The number of hydrogen-bond donors (Lipinski definition) is 0. The van der Waals surface area contributed by atoms with E-state index in [0.717, 1.165) is 13.0 Å². The second-order valence-corrected chi connectivity index (χ2v) is 4.61. The molecule has 0 aromatic carbocycles. The molecule has 1 aromatic heterocycles. The van der Waals surface area contributed by atoms with Crippen molar-refractivity contribution >= 4 is 5.71 Å². The minimum absolute atomic E-state index is 0.476. The predicted molar refractivity (Wildman–Crippen MR) is 83.4 cm³/mol. The fraction of sp³-hybridized carbons (Fsp3) is 0.412. The van der Waals surface area contributed by atoms with Crippen LogP contribution in [0, 0.1) is 5.92 Å². The lowest BCUT2D eigenvalue weighted by Crippen LogP contribution is -2.13. The minimum Gasteiger partial charge on any atom is -0.284 e. The molecule has 1 aromatic rings. The van der Waals surface area contributed by atoms with Crippen LogP contribution in [0.2, 0.25) is 0 Å². The lowest BCUT2D eigenvalue weighted by Gasteiger charge is -2.14. The normalized spacial score (nSPS) is 14.9. The van der Waals surface area contributed by atoms with Crippen LogP contribution in [0.5, 0.6) is 0 Å². The molecule has 2 nitrogen and oxygen atoms in total. The number of allylic oxidation sites excluding steroid dienone is 4. The van der Waals surface area contributed by atoms with Crippen LogP contribution >= 0.6 is 0 Å². The van der Waals surface area contributed by atoms with Crippen molar-refractivity contribution in [2.24, 2.45) is 10.9 Å². The van der Waals surface area contributed by atoms with Crippen LogP contribution < -0.4 is 0 Å². The number of hydrogen-bond acceptors (Lipinski definition) is 2. The van der Waals surface area contributed by atoms with Gasteiger partial charge >= 0.3 is 0 Å². The highest BCUT2D eigenvalue weighted by Gasteiger charge is 2.11. The topological polar surface area (TPSA) is 25.2 Å². The Balaban J connectivity index is 2.97. The number of pyridine rings is 1. The Kier molecular flexibility index (Phi) is 6.80. The van der Waals surface area contributed by atoms with Crippen molar-refractivity contribution in [3.63, 3.8) is 0 Å². The van der Waals surface area contributed by atoms with Gasteiger partial charge in [0.2, 0.25) is 0 Å². The van der Waals surface area contributed by atoms with E-state index in [1.807, 2.05) is 31.5 Å². The van der Waals surface area contributed by atoms with Crippen LogP contribution in [0.1, 0.15) is 39.7 Å². The van der Waals surface area contributed by atoms with E-state index in [0.29, 0.717) is 5.92 Å². The van der Waals surface area contributed by atoms with E-state index < -0.39 is 0 Å². The van der Waals surface area contributed by atoms with Crippen molar-refractivity contribution < 1.29 is 0 Å². The quantitative estimate of drug-likeness (QED) is 0.540. The highest BCUT2D eigenvalue weighted by molar-refractivity contribution is 6.03. The fourth-order valence-electron chi connectivity index (χ4n) is 1.90. The summed E-state index contributed by atoms with van der Waals surface area (Å²) >= 11 is 0. The zero-order valence-electron chi connectivity index (χ0n) is 12.4. The largest absolute Gasteiger partial charge is 0.284 e. The van der Waals surface area contributed by atoms with Gasteiger partial charge in [-0.05, 0) is 49.5 Å². The van der Waals surface area contributed by atoms with Crippen LogP contribution in [-0.2, 0) is 6.54 Å². The Morgan fingerprint density at radius 3 is 2.53 bits per heavy atom. The summed E-state index contributed by atoms with van der Waals surface area (Å²) in [4.78, 5) is 8.86. The van der Waals surface area contributed by atoms with Crippen molar-refractivity contribution in [1.82, 2.24) is 4.98 Å².